The average molecular weight is 407 g/mol. The summed E-state index contributed by atoms with van der Waals surface area (Å²) >= 11 is 0. The Labute approximate surface area is 174 Å². The minimum absolute atomic E-state index is 0.0530. The van der Waals surface area contributed by atoms with Gasteiger partial charge in [0, 0.05) is 48.5 Å². The van der Waals surface area contributed by atoms with Gasteiger partial charge in [0.25, 0.3) is 5.56 Å². The van der Waals surface area contributed by atoms with Crippen LogP contribution in [-0.2, 0) is 18.2 Å². The summed E-state index contributed by atoms with van der Waals surface area (Å²) in [6, 6.07) is 0. The van der Waals surface area contributed by atoms with Crippen molar-refractivity contribution in [1.29, 1.82) is 0 Å². The van der Waals surface area contributed by atoms with Gasteiger partial charge in [-0.3, -0.25) is 4.79 Å². The highest BCUT2D eigenvalue weighted by molar-refractivity contribution is 5.86. The van der Waals surface area contributed by atoms with Crippen molar-refractivity contribution in [3.05, 3.63) is 50.6 Å². The Morgan fingerprint density at radius 1 is 1.30 bits per heavy atom. The minimum Gasteiger partial charge on any atom is -0.420 e. The van der Waals surface area contributed by atoms with Gasteiger partial charge in [-0.2, -0.15) is 0 Å². The van der Waals surface area contributed by atoms with Crippen molar-refractivity contribution in [2.24, 2.45) is 13.0 Å². The van der Waals surface area contributed by atoms with Crippen molar-refractivity contribution in [3.63, 3.8) is 0 Å². The van der Waals surface area contributed by atoms with E-state index in [0.29, 0.717) is 42.5 Å². The molecule has 0 spiro atoms. The average Bonchev–Trinajstić information content (AvgIpc) is 3.11. The molecule has 2 aromatic rings. The summed E-state index contributed by atoms with van der Waals surface area (Å²) in [6.45, 7) is 5.03. The van der Waals surface area contributed by atoms with Crippen LogP contribution >= 0.6 is 0 Å². The topological polar surface area (TPSA) is 90.4 Å². The lowest BCUT2D eigenvalue weighted by Crippen LogP contribution is -2.25. The third-order valence-electron chi connectivity index (χ3n) is 6.35. The van der Waals surface area contributed by atoms with Gasteiger partial charge in [-0.25, -0.2) is 0 Å². The largest absolute Gasteiger partial charge is 0.420 e. The van der Waals surface area contributed by atoms with E-state index in [-0.39, 0.29) is 17.4 Å². The van der Waals surface area contributed by atoms with E-state index in [4.69, 9.17) is 9.15 Å². The molecule has 3 aliphatic rings. The first-order valence-corrected chi connectivity index (χ1v) is 10.4. The van der Waals surface area contributed by atoms with Crippen molar-refractivity contribution < 1.29 is 14.3 Å². The summed E-state index contributed by atoms with van der Waals surface area (Å²) in [5.41, 5.74) is 2.85. The fourth-order valence-electron chi connectivity index (χ4n) is 4.37. The van der Waals surface area contributed by atoms with E-state index in [0.717, 1.165) is 36.0 Å². The van der Waals surface area contributed by atoms with E-state index >= 15 is 0 Å². The van der Waals surface area contributed by atoms with Gasteiger partial charge in [-0.05, 0) is 39.0 Å². The zero-order chi connectivity index (χ0) is 21.0. The summed E-state index contributed by atoms with van der Waals surface area (Å²) < 4.78 is 13.0. The molecule has 30 heavy (non-hydrogen) atoms. The molecule has 0 radical (unpaired) electrons. The van der Waals surface area contributed by atoms with Gasteiger partial charge in [-0.1, -0.05) is 17.4 Å². The van der Waals surface area contributed by atoms with Gasteiger partial charge in [-0.15, -0.1) is 10.2 Å². The van der Waals surface area contributed by atoms with Crippen LogP contribution < -0.4 is 5.56 Å². The molecule has 1 aliphatic heterocycles. The summed E-state index contributed by atoms with van der Waals surface area (Å²) in [6.07, 6.45) is 5.11. The first-order chi connectivity index (χ1) is 14.3. The van der Waals surface area contributed by atoms with Gasteiger partial charge in [0.05, 0.1) is 12.5 Å². The molecule has 2 unspecified atom stereocenters. The zero-order valence-electron chi connectivity index (χ0n) is 17.5. The summed E-state index contributed by atoms with van der Waals surface area (Å²) in [4.78, 5) is 12.8. The fraction of sp³-hybridized carbons (Fsp3) is 0.522. The molecule has 7 heteroatoms. The van der Waals surface area contributed by atoms with Gasteiger partial charge in [0.1, 0.15) is 5.60 Å². The summed E-state index contributed by atoms with van der Waals surface area (Å²) in [5, 5.41) is 19.2. The second kappa shape index (κ2) is 6.93. The van der Waals surface area contributed by atoms with E-state index in [9.17, 15) is 9.90 Å². The predicted molar refractivity (Wildman–Crippen MR) is 110 cm³/mol. The molecule has 2 fully saturated rings. The predicted octanol–water partition coefficient (Wildman–Crippen LogP) is 2.16. The van der Waals surface area contributed by atoms with Crippen molar-refractivity contribution in [3.8, 4) is 11.8 Å². The van der Waals surface area contributed by atoms with Crippen LogP contribution in [0, 0.1) is 17.8 Å². The Kier molecular flexibility index (Phi) is 4.46. The van der Waals surface area contributed by atoms with E-state index in [1.807, 2.05) is 6.92 Å². The molecule has 2 aromatic heterocycles. The molecule has 3 heterocycles. The third kappa shape index (κ3) is 3.21. The molecule has 1 saturated carbocycles. The van der Waals surface area contributed by atoms with Crippen LogP contribution in [0.1, 0.15) is 67.5 Å². The molecule has 2 atom stereocenters. The molecule has 1 N–H and O–H groups in total. The number of aliphatic hydroxyl groups is 1. The highest BCUT2D eigenvalue weighted by atomic mass is 16.5. The number of allylic oxidation sites excluding steroid dienone is 1. The van der Waals surface area contributed by atoms with Gasteiger partial charge >= 0.3 is 0 Å². The lowest BCUT2D eigenvalue weighted by atomic mass is 9.98. The summed E-state index contributed by atoms with van der Waals surface area (Å²) in [7, 11) is 1.73. The standard InChI is InChI=1S/C23H25N3O4/c1-13-10-17-19(18(13)21-25-24-20(30-21)15-7-9-29-12-15)14(11-26(3)22(17)27)6-8-23(2,28)16-4-5-16/h11,15-16,28H,4-5,7,9-10,12H2,1-3H3. The zero-order valence-corrected chi connectivity index (χ0v) is 17.5. The lowest BCUT2D eigenvalue weighted by Gasteiger charge is -2.15. The number of ether oxygens (including phenoxy) is 1. The Balaban J connectivity index is 1.60. The number of hydrogen-bond donors (Lipinski definition) is 1. The van der Waals surface area contributed by atoms with Gasteiger partial charge in [0.15, 0.2) is 0 Å². The van der Waals surface area contributed by atoms with Gasteiger partial charge < -0.3 is 18.8 Å². The summed E-state index contributed by atoms with van der Waals surface area (Å²) in [5.74, 6) is 7.51. The maximum Gasteiger partial charge on any atom is 0.254 e. The molecule has 0 bridgehead atoms. The molecule has 7 nitrogen and oxygen atoms in total. The molecule has 2 aliphatic carbocycles. The molecule has 5 rings (SSSR count). The highest BCUT2D eigenvalue weighted by Gasteiger charge is 2.39. The Morgan fingerprint density at radius 3 is 2.80 bits per heavy atom. The van der Waals surface area contributed by atoms with Crippen LogP contribution in [0.25, 0.3) is 5.57 Å². The van der Waals surface area contributed by atoms with E-state index < -0.39 is 5.60 Å². The molecule has 1 saturated heterocycles. The van der Waals surface area contributed by atoms with Crippen LogP contribution in [0.15, 0.2) is 21.0 Å². The SMILES string of the molecule is CC1=C(c2nnc(C3CCOC3)o2)c2c(C#CC(C)(O)C3CC3)cn(C)c(=O)c2C1. The van der Waals surface area contributed by atoms with Crippen LogP contribution in [0.4, 0.5) is 0 Å². The van der Waals surface area contributed by atoms with Crippen LogP contribution in [0.3, 0.4) is 0 Å². The first-order valence-electron chi connectivity index (χ1n) is 10.4. The quantitative estimate of drug-likeness (QED) is 0.785. The van der Waals surface area contributed by atoms with E-state index in [1.165, 1.54) is 0 Å². The van der Waals surface area contributed by atoms with Crippen LogP contribution in [-0.4, -0.2) is 38.7 Å². The number of pyridine rings is 1. The highest BCUT2D eigenvalue weighted by Crippen LogP contribution is 2.40. The second-order valence-corrected chi connectivity index (χ2v) is 8.82. The molecule has 0 amide bonds. The lowest BCUT2D eigenvalue weighted by molar-refractivity contribution is 0.0980. The maximum atomic E-state index is 12.8. The number of fused-ring (bicyclic) bond motifs is 1. The number of hydrogen-bond acceptors (Lipinski definition) is 6. The smallest absolute Gasteiger partial charge is 0.254 e. The van der Waals surface area contributed by atoms with Crippen molar-refractivity contribution in [2.75, 3.05) is 13.2 Å². The second-order valence-electron chi connectivity index (χ2n) is 8.82. The van der Waals surface area contributed by atoms with Crippen molar-refractivity contribution in [1.82, 2.24) is 14.8 Å². The van der Waals surface area contributed by atoms with Crippen molar-refractivity contribution in [2.45, 2.75) is 51.0 Å². The Morgan fingerprint density at radius 2 is 2.10 bits per heavy atom. The number of rotatable bonds is 3. The van der Waals surface area contributed by atoms with Gasteiger partial charge in [0.2, 0.25) is 11.8 Å². The molecular formula is C23H25N3O4. The van der Waals surface area contributed by atoms with Crippen molar-refractivity contribution >= 4 is 5.57 Å². The number of nitrogens with zero attached hydrogens (tertiary/aromatic N) is 3. The normalized spacial score (nSPS) is 22.6. The van der Waals surface area contributed by atoms with Crippen LogP contribution in [0.5, 0.6) is 0 Å². The fourth-order valence-corrected chi connectivity index (χ4v) is 4.37. The number of aryl methyl sites for hydroxylation is 1. The Hall–Kier alpha value is -2.69. The van der Waals surface area contributed by atoms with E-state index in [2.05, 4.69) is 22.0 Å². The van der Waals surface area contributed by atoms with Crippen LogP contribution in [0.2, 0.25) is 0 Å². The first kappa shape index (κ1) is 19.3. The molecule has 156 valence electrons. The monoisotopic (exact) mass is 407 g/mol. The molecule has 0 aromatic carbocycles. The minimum atomic E-state index is -1.03. The maximum absolute atomic E-state index is 12.8. The third-order valence-corrected chi connectivity index (χ3v) is 6.35. The molecular weight excluding hydrogens is 382 g/mol. The Bertz CT molecular complexity index is 1170. The number of aromatic nitrogens is 3. The van der Waals surface area contributed by atoms with E-state index in [1.54, 1.807) is 24.7 Å².